The van der Waals surface area contributed by atoms with E-state index in [4.69, 9.17) is 10.5 Å². The number of rotatable bonds is 0. The van der Waals surface area contributed by atoms with Crippen LogP contribution in [0.1, 0.15) is 27.2 Å². The van der Waals surface area contributed by atoms with Crippen molar-refractivity contribution in [1.29, 1.82) is 0 Å². The van der Waals surface area contributed by atoms with Crippen LogP contribution in [0.15, 0.2) is 0 Å². The van der Waals surface area contributed by atoms with Crippen LogP contribution in [0.4, 0.5) is 4.79 Å². The highest BCUT2D eigenvalue weighted by atomic mass is 16.6. The van der Waals surface area contributed by atoms with E-state index in [2.05, 4.69) is 5.32 Å². The van der Waals surface area contributed by atoms with Gasteiger partial charge in [-0.3, -0.25) is 4.79 Å². The van der Waals surface area contributed by atoms with Gasteiger partial charge in [-0.15, -0.1) is 0 Å². The van der Waals surface area contributed by atoms with Crippen LogP contribution >= 0.6 is 0 Å². The van der Waals surface area contributed by atoms with Crippen molar-refractivity contribution in [2.45, 2.75) is 38.8 Å². The Labute approximate surface area is 107 Å². The van der Waals surface area contributed by atoms with E-state index < -0.39 is 5.60 Å². The topological polar surface area (TPSA) is 84.7 Å². The first kappa shape index (κ1) is 13.1. The third-order valence-corrected chi connectivity index (χ3v) is 3.48. The quantitative estimate of drug-likeness (QED) is 0.641. The summed E-state index contributed by atoms with van der Waals surface area (Å²) in [5, 5.41) is 2.74. The predicted octanol–water partition coefficient (Wildman–Crippen LogP) is 0.0707. The van der Waals surface area contributed by atoms with Crippen LogP contribution in [0.5, 0.6) is 0 Å². The number of nitrogens with one attached hydrogen (secondary N) is 1. The summed E-state index contributed by atoms with van der Waals surface area (Å²) in [6.07, 6.45) is 0.0688. The molecule has 2 aliphatic heterocycles. The van der Waals surface area contributed by atoms with E-state index in [-0.39, 0.29) is 23.5 Å². The first-order valence-corrected chi connectivity index (χ1v) is 6.22. The van der Waals surface area contributed by atoms with Crippen LogP contribution in [0.3, 0.4) is 0 Å². The number of amides is 2. The van der Waals surface area contributed by atoms with E-state index in [1.165, 1.54) is 0 Å². The lowest BCUT2D eigenvalue weighted by Crippen LogP contribution is -2.71. The average molecular weight is 255 g/mol. The summed E-state index contributed by atoms with van der Waals surface area (Å²) >= 11 is 0. The number of likely N-dealkylation sites (tertiary alicyclic amines) is 1. The molecule has 2 amide bonds. The van der Waals surface area contributed by atoms with Gasteiger partial charge in [-0.05, 0) is 20.8 Å². The van der Waals surface area contributed by atoms with Gasteiger partial charge in [0, 0.05) is 37.5 Å². The molecule has 0 aromatic heterocycles. The van der Waals surface area contributed by atoms with Gasteiger partial charge in [-0.1, -0.05) is 0 Å². The molecule has 102 valence electrons. The lowest BCUT2D eigenvalue weighted by Gasteiger charge is -2.54. The molecule has 2 rings (SSSR count). The van der Waals surface area contributed by atoms with Gasteiger partial charge < -0.3 is 20.7 Å². The van der Waals surface area contributed by atoms with Gasteiger partial charge in [0.1, 0.15) is 5.60 Å². The lowest BCUT2D eigenvalue weighted by molar-refractivity contribution is -0.132. The van der Waals surface area contributed by atoms with Crippen molar-refractivity contribution in [2.24, 2.45) is 11.1 Å². The van der Waals surface area contributed by atoms with Crippen LogP contribution in [0, 0.1) is 5.41 Å². The molecule has 0 aromatic rings. The minimum atomic E-state index is -0.494. The maximum atomic E-state index is 11.8. The molecule has 1 unspecified atom stereocenters. The molecule has 0 aliphatic carbocycles. The molecule has 2 heterocycles. The molecule has 1 atom stereocenters. The second kappa shape index (κ2) is 4.12. The molecule has 1 spiro atoms. The highest BCUT2D eigenvalue weighted by molar-refractivity contribution is 5.79. The molecular weight excluding hydrogens is 234 g/mol. The lowest BCUT2D eigenvalue weighted by atomic mass is 9.69. The van der Waals surface area contributed by atoms with E-state index in [0.717, 1.165) is 0 Å². The molecule has 2 saturated heterocycles. The predicted molar refractivity (Wildman–Crippen MR) is 65.8 cm³/mol. The summed E-state index contributed by atoms with van der Waals surface area (Å²) in [5.41, 5.74) is 5.29. The smallest absolute Gasteiger partial charge is 0.410 e. The van der Waals surface area contributed by atoms with Gasteiger partial charge in [0.25, 0.3) is 0 Å². The number of ether oxygens (including phenoxy) is 1. The highest BCUT2D eigenvalue weighted by Gasteiger charge is 2.53. The monoisotopic (exact) mass is 255 g/mol. The van der Waals surface area contributed by atoms with Crippen LogP contribution in [-0.2, 0) is 9.53 Å². The van der Waals surface area contributed by atoms with Gasteiger partial charge in [-0.2, -0.15) is 0 Å². The fourth-order valence-corrected chi connectivity index (χ4v) is 2.47. The molecule has 18 heavy (non-hydrogen) atoms. The van der Waals surface area contributed by atoms with Crippen molar-refractivity contribution in [3.05, 3.63) is 0 Å². The normalized spacial score (nSPS) is 26.6. The molecule has 2 fully saturated rings. The minimum absolute atomic E-state index is 0.0144. The third kappa shape index (κ3) is 2.43. The summed E-state index contributed by atoms with van der Waals surface area (Å²) in [5.74, 6) is 0.0144. The minimum Gasteiger partial charge on any atom is -0.444 e. The highest BCUT2D eigenvalue weighted by Crippen LogP contribution is 2.38. The van der Waals surface area contributed by atoms with Crippen molar-refractivity contribution in [3.8, 4) is 0 Å². The SMILES string of the molecule is CC(C)(C)OC(=O)N1CC2(CC(=O)NCC2N)C1. The Balaban J connectivity index is 1.92. The van der Waals surface area contributed by atoms with E-state index in [1.807, 2.05) is 20.8 Å². The summed E-state index contributed by atoms with van der Waals surface area (Å²) in [7, 11) is 0. The maximum Gasteiger partial charge on any atom is 0.410 e. The number of nitrogens with two attached hydrogens (primary N) is 1. The van der Waals surface area contributed by atoms with Gasteiger partial charge in [0.15, 0.2) is 0 Å². The van der Waals surface area contributed by atoms with Gasteiger partial charge in [-0.25, -0.2) is 4.79 Å². The number of piperidine rings is 1. The van der Waals surface area contributed by atoms with Gasteiger partial charge in [0.2, 0.25) is 5.91 Å². The summed E-state index contributed by atoms with van der Waals surface area (Å²) < 4.78 is 5.28. The summed E-state index contributed by atoms with van der Waals surface area (Å²) in [6, 6.07) is -0.0890. The Hall–Kier alpha value is -1.30. The van der Waals surface area contributed by atoms with E-state index in [1.54, 1.807) is 4.90 Å². The number of hydrogen-bond donors (Lipinski definition) is 2. The summed E-state index contributed by atoms with van der Waals surface area (Å²) in [4.78, 5) is 24.9. The zero-order valence-electron chi connectivity index (χ0n) is 11.2. The molecular formula is C12H21N3O3. The van der Waals surface area contributed by atoms with E-state index in [0.29, 0.717) is 26.1 Å². The van der Waals surface area contributed by atoms with Crippen LogP contribution in [0.2, 0.25) is 0 Å². The molecule has 6 heteroatoms. The first-order chi connectivity index (χ1) is 8.22. The molecule has 0 bridgehead atoms. The standard InChI is InChI=1S/C12H21N3O3/c1-11(2,3)18-10(17)15-6-12(7-15)4-9(16)14-5-8(12)13/h8H,4-7,13H2,1-3H3,(H,14,16). The van der Waals surface area contributed by atoms with E-state index >= 15 is 0 Å². The Morgan fingerprint density at radius 3 is 2.67 bits per heavy atom. The first-order valence-electron chi connectivity index (χ1n) is 6.22. The van der Waals surface area contributed by atoms with Gasteiger partial charge >= 0.3 is 6.09 Å². The molecule has 2 aliphatic rings. The van der Waals surface area contributed by atoms with Crippen molar-refractivity contribution in [3.63, 3.8) is 0 Å². The van der Waals surface area contributed by atoms with Gasteiger partial charge in [0.05, 0.1) is 0 Å². The number of carbonyl (C=O) groups excluding carboxylic acids is 2. The zero-order valence-corrected chi connectivity index (χ0v) is 11.2. The van der Waals surface area contributed by atoms with E-state index in [9.17, 15) is 9.59 Å². The molecule has 0 aromatic carbocycles. The second-order valence-electron chi connectivity index (χ2n) is 6.29. The molecule has 6 nitrogen and oxygen atoms in total. The largest absolute Gasteiger partial charge is 0.444 e. The van der Waals surface area contributed by atoms with Crippen LogP contribution < -0.4 is 11.1 Å². The number of hydrogen-bond acceptors (Lipinski definition) is 4. The van der Waals surface area contributed by atoms with Crippen molar-refractivity contribution in [1.82, 2.24) is 10.2 Å². The Morgan fingerprint density at radius 1 is 1.50 bits per heavy atom. The fraction of sp³-hybridized carbons (Fsp3) is 0.833. The molecule has 0 radical (unpaired) electrons. The Bertz CT molecular complexity index is 369. The number of nitrogens with zero attached hydrogens (tertiary/aromatic N) is 1. The Kier molecular flexibility index (Phi) is 3.01. The van der Waals surface area contributed by atoms with Crippen molar-refractivity contribution >= 4 is 12.0 Å². The van der Waals surface area contributed by atoms with Crippen molar-refractivity contribution < 1.29 is 14.3 Å². The van der Waals surface area contributed by atoms with Crippen LogP contribution in [-0.4, -0.2) is 48.2 Å². The van der Waals surface area contributed by atoms with Crippen molar-refractivity contribution in [2.75, 3.05) is 19.6 Å². The second-order valence-corrected chi connectivity index (χ2v) is 6.29. The third-order valence-electron chi connectivity index (χ3n) is 3.48. The fourth-order valence-electron chi connectivity index (χ4n) is 2.47. The maximum absolute atomic E-state index is 11.8. The van der Waals surface area contributed by atoms with Crippen LogP contribution in [0.25, 0.3) is 0 Å². The molecule has 0 saturated carbocycles. The zero-order chi connectivity index (χ0) is 13.6. The summed E-state index contributed by atoms with van der Waals surface area (Å²) in [6.45, 7) is 7.01. The average Bonchev–Trinajstić information content (AvgIpc) is 2.15. The number of carbonyl (C=O) groups is 2. The molecule has 3 N–H and O–H groups in total. The Morgan fingerprint density at radius 2 is 2.11 bits per heavy atom.